The van der Waals surface area contributed by atoms with Crippen LogP contribution in [0.2, 0.25) is 0 Å². The van der Waals surface area contributed by atoms with E-state index in [1.54, 1.807) is 0 Å². The van der Waals surface area contributed by atoms with Gasteiger partial charge in [-0.15, -0.1) is 0 Å². The average Bonchev–Trinajstić information content (AvgIpc) is 3.03. The number of aromatic nitrogens is 2. The van der Waals surface area contributed by atoms with Crippen LogP contribution in [0.25, 0.3) is 11.3 Å². The van der Waals surface area contributed by atoms with Crippen LogP contribution < -0.4 is 5.73 Å². The second-order valence-corrected chi connectivity index (χ2v) is 5.15. The van der Waals surface area contributed by atoms with E-state index in [0.29, 0.717) is 12.0 Å². The van der Waals surface area contributed by atoms with Crippen molar-refractivity contribution < 1.29 is 14.7 Å². The summed E-state index contributed by atoms with van der Waals surface area (Å²) >= 11 is 0. The highest BCUT2D eigenvalue weighted by Crippen LogP contribution is 2.30. The van der Waals surface area contributed by atoms with E-state index < -0.39 is 5.97 Å². The van der Waals surface area contributed by atoms with E-state index in [0.717, 1.165) is 29.5 Å². The second-order valence-electron chi connectivity index (χ2n) is 5.15. The number of aldehydes is 1. The number of carboxylic acid groups (broad SMARTS) is 1. The number of carbonyl (C=O) groups is 2. The Labute approximate surface area is 121 Å². The van der Waals surface area contributed by atoms with Crippen molar-refractivity contribution in [3.05, 3.63) is 34.9 Å². The quantitative estimate of drug-likeness (QED) is 0.830. The molecular formula is C15H15N3O3. The number of nitrogens with two attached hydrogens (primary N) is 1. The summed E-state index contributed by atoms with van der Waals surface area (Å²) in [7, 11) is 0. The molecule has 3 rings (SSSR count). The van der Waals surface area contributed by atoms with E-state index in [-0.39, 0.29) is 17.9 Å². The van der Waals surface area contributed by atoms with E-state index in [1.165, 1.54) is 11.1 Å². The summed E-state index contributed by atoms with van der Waals surface area (Å²) in [6.07, 6.45) is 3.86. The molecule has 0 bridgehead atoms. The lowest BCUT2D eigenvalue weighted by molar-refractivity contribution is -0.137. The Morgan fingerprint density at radius 1 is 1.38 bits per heavy atom. The molecule has 0 aliphatic heterocycles. The minimum Gasteiger partial charge on any atom is -0.480 e. The molecule has 1 aliphatic carbocycles. The zero-order valence-electron chi connectivity index (χ0n) is 11.4. The summed E-state index contributed by atoms with van der Waals surface area (Å²) in [5, 5.41) is 13.1. The molecule has 1 aliphatic rings. The Morgan fingerprint density at radius 3 is 2.86 bits per heavy atom. The summed E-state index contributed by atoms with van der Waals surface area (Å²) < 4.78 is 1.15. The monoisotopic (exact) mass is 285 g/mol. The maximum absolute atomic E-state index is 11.3. The van der Waals surface area contributed by atoms with Crippen LogP contribution in [0.4, 0.5) is 5.82 Å². The minimum absolute atomic E-state index is 0.0860. The van der Waals surface area contributed by atoms with Crippen LogP contribution in [-0.2, 0) is 24.2 Å². The van der Waals surface area contributed by atoms with Gasteiger partial charge in [0.15, 0.2) is 6.29 Å². The van der Waals surface area contributed by atoms with Crippen molar-refractivity contribution in [2.45, 2.75) is 25.8 Å². The van der Waals surface area contributed by atoms with Gasteiger partial charge < -0.3 is 10.8 Å². The normalized spacial score (nSPS) is 13.1. The van der Waals surface area contributed by atoms with E-state index >= 15 is 0 Å². The van der Waals surface area contributed by atoms with Crippen LogP contribution in [0.5, 0.6) is 0 Å². The van der Waals surface area contributed by atoms with E-state index in [9.17, 15) is 9.59 Å². The van der Waals surface area contributed by atoms with Gasteiger partial charge in [0.25, 0.3) is 0 Å². The van der Waals surface area contributed by atoms with Crippen LogP contribution in [0, 0.1) is 0 Å². The number of aryl methyl sites for hydroxylation is 2. The predicted molar refractivity (Wildman–Crippen MR) is 77.1 cm³/mol. The molecule has 6 nitrogen and oxygen atoms in total. The van der Waals surface area contributed by atoms with Crippen LogP contribution >= 0.6 is 0 Å². The van der Waals surface area contributed by atoms with Gasteiger partial charge in [-0.05, 0) is 36.5 Å². The Kier molecular flexibility index (Phi) is 3.21. The third kappa shape index (κ3) is 2.29. The smallest absolute Gasteiger partial charge is 0.325 e. The second kappa shape index (κ2) is 5.05. The number of nitrogen functional groups attached to an aromatic ring is 1. The molecule has 3 N–H and O–H groups in total. The third-order valence-electron chi connectivity index (χ3n) is 3.80. The van der Waals surface area contributed by atoms with Gasteiger partial charge in [0.2, 0.25) is 0 Å². The van der Waals surface area contributed by atoms with Gasteiger partial charge >= 0.3 is 5.97 Å². The molecule has 21 heavy (non-hydrogen) atoms. The number of nitrogens with zero attached hydrogens (tertiary/aromatic N) is 2. The van der Waals surface area contributed by atoms with Gasteiger partial charge in [0, 0.05) is 5.56 Å². The predicted octanol–water partition coefficient (Wildman–Crippen LogP) is 1.52. The minimum atomic E-state index is -1.05. The van der Waals surface area contributed by atoms with Crippen LogP contribution in [0.1, 0.15) is 27.9 Å². The first kappa shape index (κ1) is 13.4. The first-order valence-electron chi connectivity index (χ1n) is 6.75. The summed E-state index contributed by atoms with van der Waals surface area (Å²) in [5.41, 5.74) is 9.89. The molecule has 6 heteroatoms. The van der Waals surface area contributed by atoms with Gasteiger partial charge in [-0.1, -0.05) is 12.1 Å². The first-order valence-corrected chi connectivity index (χ1v) is 6.75. The maximum Gasteiger partial charge on any atom is 0.325 e. The molecule has 0 saturated carbocycles. The fraction of sp³-hybridized carbons (Fsp3) is 0.267. The number of hydrogen-bond donors (Lipinski definition) is 2. The largest absolute Gasteiger partial charge is 0.480 e. The van der Waals surface area contributed by atoms with Gasteiger partial charge in [0.1, 0.15) is 18.1 Å². The number of rotatable bonds is 4. The molecule has 0 atom stereocenters. The summed E-state index contributed by atoms with van der Waals surface area (Å²) in [5.74, 6) is -0.968. The number of fused-ring (bicyclic) bond motifs is 1. The lowest BCUT2D eigenvalue weighted by atomic mass is 10.0. The van der Waals surface area contributed by atoms with Gasteiger partial charge in [0.05, 0.1) is 5.56 Å². The summed E-state index contributed by atoms with van der Waals surface area (Å²) in [6, 6.07) is 5.96. The number of anilines is 1. The van der Waals surface area contributed by atoms with E-state index in [4.69, 9.17) is 10.8 Å². The summed E-state index contributed by atoms with van der Waals surface area (Å²) in [6.45, 7) is -0.363. The highest BCUT2D eigenvalue weighted by molar-refractivity contribution is 5.92. The Hall–Kier alpha value is -2.63. The molecule has 108 valence electrons. The standard InChI is InChI=1S/C15H15N3O3/c16-15-12(8-19)14(17-18(15)7-13(20)21)11-5-4-9-2-1-3-10(9)6-11/h4-6,8H,1-3,7,16H2,(H,20,21). The molecular weight excluding hydrogens is 270 g/mol. The molecule has 0 radical (unpaired) electrons. The van der Waals surface area contributed by atoms with Crippen LogP contribution in [0.15, 0.2) is 18.2 Å². The van der Waals surface area contributed by atoms with E-state index in [1.807, 2.05) is 18.2 Å². The van der Waals surface area contributed by atoms with Crippen molar-refractivity contribution >= 4 is 18.1 Å². The van der Waals surface area contributed by atoms with Crippen LogP contribution in [-0.4, -0.2) is 27.1 Å². The molecule has 1 aromatic heterocycles. The Bertz CT molecular complexity index is 734. The Morgan fingerprint density at radius 2 is 2.14 bits per heavy atom. The van der Waals surface area contributed by atoms with Crippen molar-refractivity contribution in [1.29, 1.82) is 0 Å². The Balaban J connectivity index is 2.09. The SMILES string of the molecule is Nc1c(C=O)c(-c2ccc3c(c2)CCC3)nn1CC(=O)O. The lowest BCUT2D eigenvalue weighted by Crippen LogP contribution is -2.12. The number of benzene rings is 1. The topological polar surface area (TPSA) is 98.2 Å². The molecule has 1 heterocycles. The molecule has 0 spiro atoms. The van der Waals surface area contributed by atoms with E-state index in [2.05, 4.69) is 5.10 Å². The highest BCUT2D eigenvalue weighted by atomic mass is 16.4. The van der Waals surface area contributed by atoms with Crippen molar-refractivity contribution in [3.63, 3.8) is 0 Å². The lowest BCUT2D eigenvalue weighted by Gasteiger charge is -2.03. The van der Waals surface area contributed by atoms with Crippen molar-refractivity contribution in [2.24, 2.45) is 0 Å². The number of carboxylic acids is 1. The van der Waals surface area contributed by atoms with Crippen molar-refractivity contribution in [3.8, 4) is 11.3 Å². The van der Waals surface area contributed by atoms with Gasteiger partial charge in [-0.25, -0.2) is 4.68 Å². The molecule has 0 unspecified atom stereocenters. The first-order chi connectivity index (χ1) is 10.1. The van der Waals surface area contributed by atoms with Gasteiger partial charge in [-0.3, -0.25) is 9.59 Å². The molecule has 1 aromatic carbocycles. The molecule has 0 amide bonds. The third-order valence-corrected chi connectivity index (χ3v) is 3.80. The molecule has 0 saturated heterocycles. The maximum atomic E-state index is 11.3. The van der Waals surface area contributed by atoms with Crippen LogP contribution in [0.3, 0.4) is 0 Å². The molecule has 0 fully saturated rings. The van der Waals surface area contributed by atoms with Gasteiger partial charge in [-0.2, -0.15) is 5.10 Å². The zero-order valence-corrected chi connectivity index (χ0v) is 11.4. The molecule has 2 aromatic rings. The van der Waals surface area contributed by atoms with Crippen molar-refractivity contribution in [1.82, 2.24) is 9.78 Å². The fourth-order valence-corrected chi connectivity index (χ4v) is 2.79. The average molecular weight is 285 g/mol. The number of aliphatic carboxylic acids is 1. The number of hydrogen-bond acceptors (Lipinski definition) is 4. The fourth-order valence-electron chi connectivity index (χ4n) is 2.79. The summed E-state index contributed by atoms with van der Waals surface area (Å²) in [4.78, 5) is 22.1. The zero-order chi connectivity index (χ0) is 15.0. The number of carbonyl (C=O) groups excluding carboxylic acids is 1. The van der Waals surface area contributed by atoms with Crippen molar-refractivity contribution in [2.75, 3.05) is 5.73 Å². The highest BCUT2D eigenvalue weighted by Gasteiger charge is 2.19.